The predicted octanol–water partition coefficient (Wildman–Crippen LogP) is 1.56. The lowest BCUT2D eigenvalue weighted by atomic mass is 9.50. The molecule has 20 heavy (non-hydrogen) atoms. The second-order valence-corrected chi connectivity index (χ2v) is 6.06. The molecular weight excluding hydrogens is 252 g/mol. The average Bonchev–Trinajstić information content (AvgIpc) is 2.82. The largest absolute Gasteiger partial charge is 0.360 e. The van der Waals surface area contributed by atoms with E-state index in [4.69, 9.17) is 5.73 Å². The number of fused-ring (bicyclic) bond motifs is 1. The molecule has 2 aliphatic carbocycles. The number of aromatic nitrogens is 2. The number of hydrogen-bond donors (Lipinski definition) is 3. The van der Waals surface area contributed by atoms with Gasteiger partial charge in [-0.3, -0.25) is 4.79 Å². The maximum absolute atomic E-state index is 12.3. The van der Waals surface area contributed by atoms with Crippen molar-refractivity contribution >= 4 is 16.9 Å². The molecule has 0 bridgehead atoms. The molecule has 2 aliphatic rings. The average molecular weight is 270 g/mol. The van der Waals surface area contributed by atoms with Crippen LogP contribution in [0.2, 0.25) is 0 Å². The summed E-state index contributed by atoms with van der Waals surface area (Å²) in [6.45, 7) is 0. The smallest absolute Gasteiger partial charge is 0.270 e. The number of carbonyl (C=O) groups is 1. The van der Waals surface area contributed by atoms with Crippen molar-refractivity contribution in [3.63, 3.8) is 0 Å². The molecule has 1 amide bonds. The quantitative estimate of drug-likeness (QED) is 0.774. The first-order chi connectivity index (χ1) is 9.69. The Labute approximate surface area is 117 Å². The zero-order valence-electron chi connectivity index (χ0n) is 11.2. The fourth-order valence-corrected chi connectivity index (χ4v) is 3.62. The van der Waals surface area contributed by atoms with Crippen LogP contribution in [0.25, 0.3) is 11.0 Å². The molecule has 0 aromatic carbocycles. The minimum Gasteiger partial charge on any atom is -0.360 e. The van der Waals surface area contributed by atoms with E-state index in [-0.39, 0.29) is 23.4 Å². The topological polar surface area (TPSA) is 83.8 Å². The Bertz CT molecular complexity index is 673. The number of H-pyrrole nitrogens is 1. The normalized spacial score (nSPS) is 27.1. The van der Waals surface area contributed by atoms with E-state index in [9.17, 15) is 4.79 Å². The van der Waals surface area contributed by atoms with Crippen molar-refractivity contribution in [1.29, 1.82) is 0 Å². The van der Waals surface area contributed by atoms with Crippen LogP contribution in [0, 0.1) is 5.41 Å². The number of hydrogen-bond acceptors (Lipinski definition) is 3. The van der Waals surface area contributed by atoms with E-state index in [0.29, 0.717) is 5.69 Å². The summed E-state index contributed by atoms with van der Waals surface area (Å²) in [4.78, 5) is 19.8. The standard InChI is InChI=1S/C15H18N4O/c16-12-8-13(15(12)5-1-6-15)19-14(20)11-3-2-9-10(18-11)4-7-17-9/h2-4,7,12-13,17H,1,5-6,8,16H2,(H,19,20). The number of pyridine rings is 1. The van der Waals surface area contributed by atoms with Gasteiger partial charge in [0.1, 0.15) is 5.69 Å². The second-order valence-electron chi connectivity index (χ2n) is 6.06. The summed E-state index contributed by atoms with van der Waals surface area (Å²) in [7, 11) is 0. The lowest BCUT2D eigenvalue weighted by Crippen LogP contribution is -2.69. The molecule has 2 aromatic heterocycles. The van der Waals surface area contributed by atoms with Crippen LogP contribution in [0.3, 0.4) is 0 Å². The summed E-state index contributed by atoms with van der Waals surface area (Å²) < 4.78 is 0. The first-order valence-electron chi connectivity index (χ1n) is 7.20. The molecule has 0 saturated heterocycles. The molecule has 0 aliphatic heterocycles. The van der Waals surface area contributed by atoms with E-state index in [2.05, 4.69) is 15.3 Å². The minimum atomic E-state index is -0.0868. The first kappa shape index (κ1) is 11.9. The van der Waals surface area contributed by atoms with Crippen LogP contribution in [-0.2, 0) is 0 Å². The molecule has 2 unspecified atom stereocenters. The highest BCUT2D eigenvalue weighted by atomic mass is 16.2. The maximum atomic E-state index is 12.3. The fourth-order valence-electron chi connectivity index (χ4n) is 3.62. The van der Waals surface area contributed by atoms with Crippen LogP contribution in [0.5, 0.6) is 0 Å². The zero-order valence-corrected chi connectivity index (χ0v) is 11.2. The highest BCUT2D eigenvalue weighted by Crippen LogP contribution is 2.55. The Hall–Kier alpha value is -1.88. The van der Waals surface area contributed by atoms with E-state index < -0.39 is 0 Å². The van der Waals surface area contributed by atoms with Gasteiger partial charge in [-0.15, -0.1) is 0 Å². The Morgan fingerprint density at radius 2 is 2.25 bits per heavy atom. The summed E-state index contributed by atoms with van der Waals surface area (Å²) in [5.41, 5.74) is 8.53. The third-order valence-electron chi connectivity index (χ3n) is 5.15. The summed E-state index contributed by atoms with van der Waals surface area (Å²) >= 11 is 0. The number of nitrogens with two attached hydrogens (primary N) is 1. The SMILES string of the molecule is NC1CC(NC(=O)c2ccc3[nH]ccc3n2)C12CCC2. The number of nitrogens with zero attached hydrogens (tertiary/aromatic N) is 1. The molecule has 4 N–H and O–H groups in total. The van der Waals surface area contributed by atoms with Gasteiger partial charge in [0.05, 0.1) is 11.0 Å². The highest BCUT2D eigenvalue weighted by molar-refractivity contribution is 5.94. The van der Waals surface area contributed by atoms with Crippen molar-refractivity contribution in [1.82, 2.24) is 15.3 Å². The van der Waals surface area contributed by atoms with Gasteiger partial charge < -0.3 is 16.0 Å². The van der Waals surface area contributed by atoms with Crippen LogP contribution < -0.4 is 11.1 Å². The molecule has 2 atom stereocenters. The highest BCUT2D eigenvalue weighted by Gasteiger charge is 2.57. The van der Waals surface area contributed by atoms with Crippen LogP contribution in [0.1, 0.15) is 36.2 Å². The predicted molar refractivity (Wildman–Crippen MR) is 76.2 cm³/mol. The number of amides is 1. The van der Waals surface area contributed by atoms with Gasteiger partial charge in [0.15, 0.2) is 0 Å². The molecule has 2 saturated carbocycles. The van der Waals surface area contributed by atoms with Crippen molar-refractivity contribution in [2.75, 3.05) is 0 Å². The lowest BCUT2D eigenvalue weighted by Gasteiger charge is -2.60. The molecule has 2 heterocycles. The van der Waals surface area contributed by atoms with Gasteiger partial charge in [-0.05, 0) is 37.5 Å². The Morgan fingerprint density at radius 3 is 2.95 bits per heavy atom. The van der Waals surface area contributed by atoms with Gasteiger partial charge in [-0.1, -0.05) is 6.42 Å². The molecule has 2 aromatic rings. The summed E-state index contributed by atoms with van der Waals surface area (Å²) in [5, 5.41) is 3.12. The monoisotopic (exact) mass is 270 g/mol. The number of nitrogens with one attached hydrogen (secondary N) is 2. The molecular formula is C15H18N4O. The second kappa shape index (κ2) is 4.06. The summed E-state index contributed by atoms with van der Waals surface area (Å²) in [5.74, 6) is -0.0868. The van der Waals surface area contributed by atoms with E-state index in [1.807, 2.05) is 18.3 Å². The summed E-state index contributed by atoms with van der Waals surface area (Å²) in [6, 6.07) is 6.01. The Morgan fingerprint density at radius 1 is 1.40 bits per heavy atom. The third-order valence-corrected chi connectivity index (χ3v) is 5.15. The van der Waals surface area contributed by atoms with Crippen molar-refractivity contribution in [3.05, 3.63) is 30.1 Å². The molecule has 1 spiro atoms. The van der Waals surface area contributed by atoms with Gasteiger partial charge in [0.25, 0.3) is 5.91 Å². The van der Waals surface area contributed by atoms with Crippen LogP contribution >= 0.6 is 0 Å². The van der Waals surface area contributed by atoms with Gasteiger partial charge in [0.2, 0.25) is 0 Å². The molecule has 0 radical (unpaired) electrons. The number of rotatable bonds is 2. The van der Waals surface area contributed by atoms with Crippen LogP contribution in [0.4, 0.5) is 0 Å². The van der Waals surface area contributed by atoms with Crippen molar-refractivity contribution in [2.24, 2.45) is 11.1 Å². The Balaban J connectivity index is 1.53. The molecule has 5 nitrogen and oxygen atoms in total. The van der Waals surface area contributed by atoms with Gasteiger partial charge in [-0.2, -0.15) is 0 Å². The van der Waals surface area contributed by atoms with Gasteiger partial charge >= 0.3 is 0 Å². The minimum absolute atomic E-state index is 0.0868. The lowest BCUT2D eigenvalue weighted by molar-refractivity contribution is -0.0390. The third kappa shape index (κ3) is 1.53. The van der Waals surface area contributed by atoms with Crippen LogP contribution in [-0.4, -0.2) is 28.0 Å². The van der Waals surface area contributed by atoms with E-state index in [1.165, 1.54) is 6.42 Å². The molecule has 104 valence electrons. The van der Waals surface area contributed by atoms with Crippen LogP contribution in [0.15, 0.2) is 24.4 Å². The molecule has 5 heteroatoms. The maximum Gasteiger partial charge on any atom is 0.270 e. The number of carbonyl (C=O) groups excluding carboxylic acids is 1. The Kier molecular flexibility index (Phi) is 2.41. The first-order valence-corrected chi connectivity index (χ1v) is 7.20. The zero-order chi connectivity index (χ0) is 13.7. The van der Waals surface area contributed by atoms with Gasteiger partial charge in [-0.25, -0.2) is 4.98 Å². The molecule has 4 rings (SSSR count). The van der Waals surface area contributed by atoms with E-state index in [0.717, 1.165) is 30.3 Å². The van der Waals surface area contributed by atoms with E-state index >= 15 is 0 Å². The van der Waals surface area contributed by atoms with E-state index in [1.54, 1.807) is 6.07 Å². The number of aromatic amines is 1. The summed E-state index contributed by atoms with van der Waals surface area (Å²) in [6.07, 6.45) is 6.23. The van der Waals surface area contributed by atoms with Crippen molar-refractivity contribution in [2.45, 2.75) is 37.8 Å². The van der Waals surface area contributed by atoms with Crippen molar-refractivity contribution in [3.8, 4) is 0 Å². The van der Waals surface area contributed by atoms with Crippen molar-refractivity contribution < 1.29 is 4.79 Å². The molecule has 2 fully saturated rings. The van der Waals surface area contributed by atoms with Gasteiger partial charge in [0, 0.05) is 23.7 Å². The fraction of sp³-hybridized carbons (Fsp3) is 0.467.